The molecular formula is C23H20ClFN4O4S2. The summed E-state index contributed by atoms with van der Waals surface area (Å²) in [5, 5.41) is 15.7. The topological polar surface area (TPSA) is 121 Å². The van der Waals surface area contributed by atoms with Crippen molar-refractivity contribution >= 4 is 65.1 Å². The highest BCUT2D eigenvalue weighted by atomic mass is 35.5. The summed E-state index contributed by atoms with van der Waals surface area (Å²) in [6, 6.07) is 9.45. The number of amides is 1. The van der Waals surface area contributed by atoms with Gasteiger partial charge in [0.25, 0.3) is 0 Å². The van der Waals surface area contributed by atoms with E-state index >= 15 is 0 Å². The predicted molar refractivity (Wildman–Crippen MR) is 135 cm³/mol. The Bertz CT molecular complexity index is 1460. The Morgan fingerprint density at radius 2 is 2.17 bits per heavy atom. The summed E-state index contributed by atoms with van der Waals surface area (Å²) < 4.78 is 42.7. The highest BCUT2D eigenvalue weighted by Gasteiger charge is 2.30. The first-order chi connectivity index (χ1) is 16.7. The fourth-order valence-corrected chi connectivity index (χ4v) is 7.82. The van der Waals surface area contributed by atoms with E-state index in [1.165, 1.54) is 24.4 Å². The zero-order valence-electron chi connectivity index (χ0n) is 18.5. The van der Waals surface area contributed by atoms with Gasteiger partial charge in [-0.15, -0.1) is 0 Å². The lowest BCUT2D eigenvalue weighted by atomic mass is 10.1. The number of nitrogens with one attached hydrogen (secondary N) is 2. The van der Waals surface area contributed by atoms with Crippen LogP contribution >= 0.6 is 22.4 Å². The minimum absolute atomic E-state index is 0.0309. The molecule has 2 heterocycles. The Balaban J connectivity index is 1.71. The molecular weight excluding hydrogens is 515 g/mol. The fourth-order valence-electron chi connectivity index (χ4n) is 3.65. The number of carbonyl (C=O) groups excluding carboxylic acids is 1. The standard InChI is InChI=1S/C23H20ClFN4O4S2/c1-2-33-21-10-19-16(9-20(21)29-22(30)8-15-5-6-35(31,32)34-15)23(13(11-26)12-27-19)28-14-3-4-18(25)17(24)7-14/h3-4,7,9-10,12,15H,2,5-6,8H2,1H3,(H,27,28)(H,29,30). The Morgan fingerprint density at radius 1 is 1.37 bits per heavy atom. The van der Waals surface area contributed by atoms with Crippen LogP contribution in [0.2, 0.25) is 5.02 Å². The van der Waals surface area contributed by atoms with Gasteiger partial charge in [-0.2, -0.15) is 5.26 Å². The Kier molecular flexibility index (Phi) is 7.35. The van der Waals surface area contributed by atoms with Gasteiger partial charge in [-0.25, -0.2) is 12.8 Å². The van der Waals surface area contributed by atoms with Gasteiger partial charge in [0.1, 0.15) is 17.6 Å². The van der Waals surface area contributed by atoms with E-state index in [0.717, 1.165) is 10.8 Å². The van der Waals surface area contributed by atoms with E-state index in [9.17, 15) is 22.9 Å². The van der Waals surface area contributed by atoms with Crippen LogP contribution in [0, 0.1) is 17.1 Å². The number of rotatable bonds is 7. The highest BCUT2D eigenvalue weighted by molar-refractivity contribution is 8.72. The molecule has 1 aliphatic heterocycles. The predicted octanol–water partition coefficient (Wildman–Crippen LogP) is 5.21. The molecule has 3 aromatic rings. The van der Waals surface area contributed by atoms with Gasteiger partial charge in [0, 0.05) is 35.0 Å². The van der Waals surface area contributed by atoms with Crippen LogP contribution in [-0.4, -0.2) is 36.9 Å². The molecule has 1 aromatic heterocycles. The average molecular weight is 535 g/mol. The largest absolute Gasteiger partial charge is 0.492 e. The van der Waals surface area contributed by atoms with Crippen LogP contribution in [0.4, 0.5) is 21.5 Å². The summed E-state index contributed by atoms with van der Waals surface area (Å²) in [7, 11) is -2.36. The summed E-state index contributed by atoms with van der Waals surface area (Å²) in [6.07, 6.45) is 1.85. The van der Waals surface area contributed by atoms with Crippen LogP contribution in [0.1, 0.15) is 25.3 Å². The second-order valence-corrected chi connectivity index (χ2v) is 12.6. The second kappa shape index (κ2) is 10.3. The number of benzene rings is 2. The van der Waals surface area contributed by atoms with Crippen molar-refractivity contribution in [3.63, 3.8) is 0 Å². The maximum absolute atomic E-state index is 13.6. The molecule has 0 radical (unpaired) electrons. The normalized spacial score (nSPS) is 16.6. The van der Waals surface area contributed by atoms with Crippen molar-refractivity contribution in [1.82, 2.24) is 4.98 Å². The van der Waals surface area contributed by atoms with E-state index in [-0.39, 0.29) is 33.9 Å². The molecule has 2 N–H and O–H groups in total. The summed E-state index contributed by atoms with van der Waals surface area (Å²) in [4.78, 5) is 17.1. The molecule has 12 heteroatoms. The molecule has 1 aliphatic rings. The molecule has 4 rings (SSSR count). The Morgan fingerprint density at radius 3 is 2.83 bits per heavy atom. The maximum atomic E-state index is 13.6. The molecule has 182 valence electrons. The number of halogens is 2. The molecule has 35 heavy (non-hydrogen) atoms. The molecule has 2 aromatic carbocycles. The van der Waals surface area contributed by atoms with Crippen LogP contribution < -0.4 is 15.4 Å². The first-order valence-electron chi connectivity index (χ1n) is 10.6. The van der Waals surface area contributed by atoms with Crippen molar-refractivity contribution in [2.24, 2.45) is 0 Å². The summed E-state index contributed by atoms with van der Waals surface area (Å²) in [5.74, 6) is -0.491. The number of carbonyl (C=O) groups is 1. The fraction of sp³-hybridized carbons (Fsp3) is 0.261. The lowest BCUT2D eigenvalue weighted by molar-refractivity contribution is -0.116. The number of anilines is 3. The molecule has 8 nitrogen and oxygen atoms in total. The van der Waals surface area contributed by atoms with Gasteiger partial charge in [0.15, 0.2) is 0 Å². The third-order valence-electron chi connectivity index (χ3n) is 5.24. The molecule has 1 unspecified atom stereocenters. The number of aromatic nitrogens is 1. The number of hydrogen-bond donors (Lipinski definition) is 2. The van der Waals surface area contributed by atoms with E-state index in [1.807, 2.05) is 0 Å². The third-order valence-corrected chi connectivity index (χ3v) is 9.43. The summed E-state index contributed by atoms with van der Waals surface area (Å²) in [6.45, 7) is 2.13. The van der Waals surface area contributed by atoms with Crippen LogP contribution in [0.5, 0.6) is 5.75 Å². The number of ether oxygens (including phenoxy) is 1. The van der Waals surface area contributed by atoms with Crippen molar-refractivity contribution in [2.75, 3.05) is 23.0 Å². The zero-order chi connectivity index (χ0) is 25.2. The Hall–Kier alpha value is -3.07. The van der Waals surface area contributed by atoms with E-state index < -0.39 is 14.7 Å². The van der Waals surface area contributed by atoms with Crippen molar-refractivity contribution in [2.45, 2.75) is 25.0 Å². The zero-order valence-corrected chi connectivity index (χ0v) is 20.9. The third kappa shape index (κ3) is 5.78. The number of nitriles is 1. The Labute approximate surface area is 210 Å². The number of pyridine rings is 1. The minimum atomic E-state index is -3.18. The van der Waals surface area contributed by atoms with Gasteiger partial charge in [-0.3, -0.25) is 9.78 Å². The van der Waals surface area contributed by atoms with E-state index in [4.69, 9.17) is 16.3 Å². The minimum Gasteiger partial charge on any atom is -0.492 e. The lowest BCUT2D eigenvalue weighted by Gasteiger charge is -2.17. The van der Waals surface area contributed by atoms with Crippen LogP contribution in [0.3, 0.4) is 0 Å². The first-order valence-corrected chi connectivity index (χ1v) is 14.0. The van der Waals surface area contributed by atoms with E-state index in [1.54, 1.807) is 19.1 Å². The van der Waals surface area contributed by atoms with Gasteiger partial charge < -0.3 is 15.4 Å². The smallest absolute Gasteiger partial charge is 0.225 e. The van der Waals surface area contributed by atoms with Crippen molar-refractivity contribution in [3.8, 4) is 11.8 Å². The van der Waals surface area contributed by atoms with Crippen LogP contribution in [0.15, 0.2) is 36.5 Å². The SMILES string of the molecule is CCOc1cc2ncc(C#N)c(Nc3ccc(F)c(Cl)c3)c2cc1NC(=O)CC1CCS(=O)(=O)S1. The first kappa shape index (κ1) is 25.0. The van der Waals surface area contributed by atoms with Gasteiger partial charge in [0.2, 0.25) is 14.8 Å². The van der Waals surface area contributed by atoms with Gasteiger partial charge in [-0.1, -0.05) is 11.6 Å². The number of hydrogen-bond acceptors (Lipinski definition) is 8. The molecule has 1 fully saturated rings. The van der Waals surface area contributed by atoms with Crippen LogP contribution in [-0.2, 0) is 13.7 Å². The summed E-state index contributed by atoms with van der Waals surface area (Å²) >= 11 is 5.90. The summed E-state index contributed by atoms with van der Waals surface area (Å²) in [5.41, 5.74) is 1.94. The molecule has 0 saturated carbocycles. The van der Waals surface area contributed by atoms with Crippen molar-refractivity contribution in [3.05, 3.63) is 52.9 Å². The molecule has 0 spiro atoms. The molecule has 1 amide bonds. The van der Waals surface area contributed by atoms with Gasteiger partial charge >= 0.3 is 0 Å². The average Bonchev–Trinajstić information content (AvgIpc) is 3.15. The van der Waals surface area contributed by atoms with Gasteiger partial charge in [0.05, 0.1) is 39.8 Å². The second-order valence-electron chi connectivity index (χ2n) is 7.73. The molecule has 0 aliphatic carbocycles. The van der Waals surface area contributed by atoms with Crippen molar-refractivity contribution < 1.29 is 22.3 Å². The van der Waals surface area contributed by atoms with Crippen LogP contribution in [0.25, 0.3) is 10.9 Å². The lowest BCUT2D eigenvalue weighted by Crippen LogP contribution is -2.17. The molecule has 1 saturated heterocycles. The molecule has 0 bridgehead atoms. The van der Waals surface area contributed by atoms with E-state index in [2.05, 4.69) is 21.7 Å². The molecule has 1 atom stereocenters. The highest BCUT2D eigenvalue weighted by Crippen LogP contribution is 2.38. The van der Waals surface area contributed by atoms with E-state index in [0.29, 0.717) is 46.7 Å². The maximum Gasteiger partial charge on any atom is 0.225 e. The monoisotopic (exact) mass is 534 g/mol. The number of fused-ring (bicyclic) bond motifs is 1. The quantitative estimate of drug-likeness (QED) is 0.396. The van der Waals surface area contributed by atoms with Crippen molar-refractivity contribution in [1.29, 1.82) is 5.26 Å². The number of nitrogens with zero attached hydrogens (tertiary/aromatic N) is 2. The van der Waals surface area contributed by atoms with Gasteiger partial charge in [-0.05, 0) is 48.4 Å².